The highest BCUT2D eigenvalue weighted by molar-refractivity contribution is 6.27. The first-order valence-electron chi connectivity index (χ1n) is 18.9. The van der Waals surface area contributed by atoms with Gasteiger partial charge in [-0.3, -0.25) is 0 Å². The third kappa shape index (κ3) is 4.48. The Kier molecular flexibility index (Phi) is 6.72. The Morgan fingerprint density at radius 1 is 0.556 bits per heavy atom. The van der Waals surface area contributed by atoms with Crippen molar-refractivity contribution < 1.29 is 4.42 Å². The molecule has 0 fully saturated rings. The normalized spacial score (nSPS) is 17.1. The van der Waals surface area contributed by atoms with Crippen LogP contribution in [-0.4, -0.2) is 4.57 Å². The summed E-state index contributed by atoms with van der Waals surface area (Å²) in [4.78, 5) is 2.36. The number of benzene rings is 7. The number of fused-ring (bicyclic) bond motifs is 9. The summed E-state index contributed by atoms with van der Waals surface area (Å²) in [6.45, 7) is 4.84. The maximum atomic E-state index is 6.76. The van der Waals surface area contributed by atoms with Gasteiger partial charge in [0, 0.05) is 61.8 Å². The van der Waals surface area contributed by atoms with Gasteiger partial charge in [-0.25, -0.2) is 0 Å². The minimum Gasteiger partial charge on any atom is -0.456 e. The zero-order valence-electron chi connectivity index (χ0n) is 30.3. The van der Waals surface area contributed by atoms with E-state index < -0.39 is 0 Å². The Labute approximate surface area is 314 Å². The smallest absolute Gasteiger partial charge is 0.138 e. The van der Waals surface area contributed by atoms with E-state index >= 15 is 0 Å². The zero-order valence-corrected chi connectivity index (χ0v) is 30.3. The number of hydrogen-bond donors (Lipinski definition) is 0. The van der Waals surface area contributed by atoms with Gasteiger partial charge >= 0.3 is 0 Å². The van der Waals surface area contributed by atoms with E-state index in [1.54, 1.807) is 0 Å². The largest absolute Gasteiger partial charge is 0.456 e. The summed E-state index contributed by atoms with van der Waals surface area (Å²) in [5.74, 6) is 0.826. The molecule has 0 saturated heterocycles. The quantitative estimate of drug-likeness (QED) is 0.179. The summed E-state index contributed by atoms with van der Waals surface area (Å²) in [6.07, 6.45) is 9.24. The minimum atomic E-state index is -0.0141. The molecular formula is C51H38N2O. The summed E-state index contributed by atoms with van der Waals surface area (Å²) < 4.78 is 9.18. The van der Waals surface area contributed by atoms with Gasteiger partial charge in [0.25, 0.3) is 0 Å². The van der Waals surface area contributed by atoms with Crippen molar-refractivity contribution in [2.45, 2.75) is 25.2 Å². The Hall–Kier alpha value is -6.58. The maximum absolute atomic E-state index is 6.76. The summed E-state index contributed by atoms with van der Waals surface area (Å²) in [7, 11) is 0. The predicted octanol–water partition coefficient (Wildman–Crippen LogP) is 13.9. The number of para-hydroxylation sites is 4. The van der Waals surface area contributed by atoms with E-state index in [0.717, 1.165) is 55.7 Å². The number of hydrogen-bond acceptors (Lipinski definition) is 2. The molecule has 0 saturated carbocycles. The van der Waals surface area contributed by atoms with Crippen molar-refractivity contribution in [1.82, 2.24) is 4.57 Å². The van der Waals surface area contributed by atoms with Crippen LogP contribution in [0, 0.1) is 5.92 Å². The summed E-state index contributed by atoms with van der Waals surface area (Å²) in [5, 5.41) is 4.72. The maximum Gasteiger partial charge on any atom is 0.138 e. The number of aromatic nitrogens is 1. The summed E-state index contributed by atoms with van der Waals surface area (Å²) >= 11 is 0. The topological polar surface area (TPSA) is 21.3 Å². The summed E-state index contributed by atoms with van der Waals surface area (Å²) in [6, 6.07) is 57.1. The van der Waals surface area contributed by atoms with Gasteiger partial charge in [0.05, 0.1) is 11.0 Å². The molecule has 2 heterocycles. The fourth-order valence-electron chi connectivity index (χ4n) is 9.59. The molecular weight excluding hydrogens is 657 g/mol. The Balaban J connectivity index is 1.28. The van der Waals surface area contributed by atoms with Gasteiger partial charge in [-0.05, 0) is 88.7 Å². The molecule has 2 aliphatic carbocycles. The molecule has 9 aromatic rings. The molecule has 2 aromatic heterocycles. The molecule has 3 heteroatoms. The Morgan fingerprint density at radius 2 is 1.24 bits per heavy atom. The first kappa shape index (κ1) is 31.0. The van der Waals surface area contributed by atoms with Crippen LogP contribution in [0.15, 0.2) is 186 Å². The molecule has 0 radical (unpaired) electrons. The standard InChI is InChI=1S/C51H38N2O/c1-51(2)42-24-14-12-22-38(42)39-28-26-33(30-43(39)51)48-49-41-31-37(52(34-16-6-3-7-17-34)35-18-8-4-9-19-35)27-29-44(41)53(36-20-10-5-11-21-36)45(49)32-47-50(48)40-23-13-15-25-46(40)54-47/h3-32,38,42H,1-2H3. The van der Waals surface area contributed by atoms with Crippen molar-refractivity contribution >= 4 is 60.8 Å². The second kappa shape index (κ2) is 11.7. The molecule has 2 unspecified atom stereocenters. The van der Waals surface area contributed by atoms with E-state index in [1.165, 1.54) is 33.0 Å². The van der Waals surface area contributed by atoms with E-state index in [1.807, 2.05) is 0 Å². The highest BCUT2D eigenvalue weighted by Gasteiger charge is 2.44. The number of rotatable bonds is 5. The van der Waals surface area contributed by atoms with Crippen LogP contribution < -0.4 is 4.90 Å². The van der Waals surface area contributed by atoms with Crippen molar-refractivity contribution in [2.75, 3.05) is 4.90 Å². The molecule has 0 bridgehead atoms. The highest BCUT2D eigenvalue weighted by Crippen LogP contribution is 2.55. The molecule has 11 rings (SSSR count). The number of furan rings is 1. The molecule has 2 aliphatic rings. The van der Waals surface area contributed by atoms with E-state index in [0.29, 0.717) is 11.8 Å². The van der Waals surface area contributed by atoms with E-state index in [4.69, 9.17) is 4.42 Å². The van der Waals surface area contributed by atoms with Crippen LogP contribution in [-0.2, 0) is 5.41 Å². The molecule has 0 spiro atoms. The number of allylic oxidation sites excluding steroid dienone is 4. The first-order chi connectivity index (χ1) is 26.6. The molecule has 3 nitrogen and oxygen atoms in total. The molecule has 258 valence electrons. The molecule has 2 atom stereocenters. The lowest BCUT2D eigenvalue weighted by Crippen LogP contribution is -2.24. The van der Waals surface area contributed by atoms with Gasteiger partial charge in [0.15, 0.2) is 0 Å². The van der Waals surface area contributed by atoms with Crippen LogP contribution in [0.4, 0.5) is 17.1 Å². The lowest BCUT2D eigenvalue weighted by Gasteiger charge is -2.29. The van der Waals surface area contributed by atoms with Gasteiger partial charge < -0.3 is 13.9 Å². The zero-order chi connectivity index (χ0) is 36.0. The fourth-order valence-corrected chi connectivity index (χ4v) is 9.59. The van der Waals surface area contributed by atoms with Gasteiger partial charge in [0.1, 0.15) is 11.2 Å². The van der Waals surface area contributed by atoms with Crippen molar-refractivity contribution in [3.8, 4) is 16.8 Å². The number of anilines is 3. The Morgan fingerprint density at radius 3 is 2.00 bits per heavy atom. The second-order valence-corrected chi connectivity index (χ2v) is 15.3. The van der Waals surface area contributed by atoms with Crippen molar-refractivity contribution in [3.05, 3.63) is 193 Å². The highest BCUT2D eigenvalue weighted by atomic mass is 16.3. The molecule has 54 heavy (non-hydrogen) atoms. The van der Waals surface area contributed by atoms with Gasteiger partial charge in [-0.2, -0.15) is 0 Å². The second-order valence-electron chi connectivity index (χ2n) is 15.3. The van der Waals surface area contributed by atoms with Crippen LogP contribution in [0.3, 0.4) is 0 Å². The van der Waals surface area contributed by atoms with Crippen molar-refractivity contribution in [3.63, 3.8) is 0 Å². The van der Waals surface area contributed by atoms with Crippen LogP contribution >= 0.6 is 0 Å². The monoisotopic (exact) mass is 694 g/mol. The van der Waals surface area contributed by atoms with Gasteiger partial charge in [-0.15, -0.1) is 0 Å². The van der Waals surface area contributed by atoms with E-state index in [-0.39, 0.29) is 5.41 Å². The van der Waals surface area contributed by atoms with Crippen LogP contribution in [0.1, 0.15) is 30.9 Å². The number of nitrogens with zero attached hydrogens (tertiary/aromatic N) is 2. The van der Waals surface area contributed by atoms with E-state index in [9.17, 15) is 0 Å². The Bertz CT molecular complexity index is 2930. The average molecular weight is 695 g/mol. The first-order valence-corrected chi connectivity index (χ1v) is 18.9. The van der Waals surface area contributed by atoms with Crippen LogP contribution in [0.5, 0.6) is 0 Å². The minimum absolute atomic E-state index is 0.0141. The fraction of sp³-hybridized carbons (Fsp3) is 0.0980. The van der Waals surface area contributed by atoms with Crippen LogP contribution in [0.25, 0.3) is 60.6 Å². The third-order valence-corrected chi connectivity index (χ3v) is 12.0. The molecule has 0 amide bonds. The molecule has 7 aromatic carbocycles. The summed E-state index contributed by atoms with van der Waals surface area (Å²) in [5.41, 5.74) is 13.8. The van der Waals surface area contributed by atoms with Crippen molar-refractivity contribution in [2.24, 2.45) is 5.92 Å². The molecule has 0 aliphatic heterocycles. The molecule has 0 N–H and O–H groups in total. The predicted molar refractivity (Wildman–Crippen MR) is 226 cm³/mol. The van der Waals surface area contributed by atoms with Crippen LogP contribution in [0.2, 0.25) is 0 Å². The average Bonchev–Trinajstić information content (AvgIpc) is 3.83. The lowest BCUT2D eigenvalue weighted by atomic mass is 9.74. The van der Waals surface area contributed by atoms with E-state index in [2.05, 4.69) is 205 Å². The van der Waals surface area contributed by atoms with Crippen molar-refractivity contribution in [1.29, 1.82) is 0 Å². The van der Waals surface area contributed by atoms with Gasteiger partial charge in [0.2, 0.25) is 0 Å². The lowest BCUT2D eigenvalue weighted by molar-refractivity contribution is 0.394. The third-order valence-electron chi connectivity index (χ3n) is 12.0. The SMILES string of the molecule is CC1(C)c2cc(-c3c4c(cc5c3c3cc(N(c6ccccc6)c6ccccc6)ccc3n5-c3ccccc3)oc3ccccc34)ccc2C2C=CC=CC21. The van der Waals surface area contributed by atoms with Gasteiger partial charge in [-0.1, -0.05) is 129 Å².